The summed E-state index contributed by atoms with van der Waals surface area (Å²) >= 11 is 0. The van der Waals surface area contributed by atoms with Crippen molar-refractivity contribution in [3.8, 4) is 0 Å². The number of aryl methyl sites for hydroxylation is 2. The van der Waals surface area contributed by atoms with Crippen LogP contribution in [0.1, 0.15) is 17.0 Å². The van der Waals surface area contributed by atoms with Gasteiger partial charge in [0.1, 0.15) is 12.2 Å². The van der Waals surface area contributed by atoms with Crippen molar-refractivity contribution in [2.24, 2.45) is 7.05 Å². The van der Waals surface area contributed by atoms with Crippen LogP contribution in [-0.2, 0) is 30.2 Å². The molecule has 0 aliphatic carbocycles. The maximum atomic E-state index is 12.3. The van der Waals surface area contributed by atoms with Crippen molar-refractivity contribution in [2.75, 3.05) is 7.05 Å². The summed E-state index contributed by atoms with van der Waals surface area (Å²) in [5.41, 5.74) is 2.01. The highest BCUT2D eigenvalue weighted by molar-refractivity contribution is 7.89. The fourth-order valence-electron chi connectivity index (χ4n) is 1.91. The maximum absolute atomic E-state index is 12.3. The van der Waals surface area contributed by atoms with E-state index >= 15 is 0 Å². The van der Waals surface area contributed by atoms with Crippen LogP contribution in [0.2, 0.25) is 0 Å². The molecule has 1 aromatic carbocycles. The van der Waals surface area contributed by atoms with Crippen molar-refractivity contribution in [3.63, 3.8) is 0 Å². The Labute approximate surface area is 124 Å². The summed E-state index contributed by atoms with van der Waals surface area (Å²) in [6.45, 7) is 2.68. The molecule has 0 atom stereocenters. The van der Waals surface area contributed by atoms with Crippen LogP contribution >= 0.6 is 0 Å². The summed E-state index contributed by atoms with van der Waals surface area (Å²) < 4.78 is 28.8. The van der Waals surface area contributed by atoms with E-state index < -0.39 is 10.0 Å². The predicted octanol–water partition coefficient (Wildman–Crippen LogP) is 0.321. The molecule has 2 N–H and O–H groups in total. The molecule has 2 aromatic rings. The molecule has 8 heteroatoms. The molecular formula is C13H19N5O2S. The second-order valence-electron chi connectivity index (χ2n) is 4.80. The molecule has 1 heterocycles. The third kappa shape index (κ3) is 3.66. The molecule has 1 aromatic heterocycles. The van der Waals surface area contributed by atoms with Gasteiger partial charge in [0.05, 0.1) is 11.4 Å². The molecular weight excluding hydrogens is 290 g/mol. The van der Waals surface area contributed by atoms with Gasteiger partial charge in [0.15, 0.2) is 0 Å². The highest BCUT2D eigenvalue weighted by atomic mass is 32.2. The average molecular weight is 309 g/mol. The number of benzene rings is 1. The van der Waals surface area contributed by atoms with Gasteiger partial charge in [0.2, 0.25) is 10.0 Å². The van der Waals surface area contributed by atoms with Gasteiger partial charge in [-0.25, -0.2) is 13.1 Å². The van der Waals surface area contributed by atoms with Crippen molar-refractivity contribution in [1.82, 2.24) is 24.8 Å². The van der Waals surface area contributed by atoms with Crippen molar-refractivity contribution in [3.05, 3.63) is 41.5 Å². The Morgan fingerprint density at radius 1 is 1.29 bits per heavy atom. The zero-order chi connectivity index (χ0) is 15.5. The summed E-state index contributed by atoms with van der Waals surface area (Å²) in [5, 5.41) is 10.6. The molecule has 0 aliphatic rings. The third-order valence-corrected chi connectivity index (χ3v) is 4.62. The van der Waals surface area contributed by atoms with Crippen LogP contribution in [0.5, 0.6) is 0 Å². The number of aromatic nitrogens is 3. The SMILES string of the molecule is CNCc1cc(S(=O)(=O)NCc2nncn2C)ccc1C. The Kier molecular flexibility index (Phi) is 4.71. The molecule has 7 nitrogen and oxygen atoms in total. The van der Waals surface area contributed by atoms with Gasteiger partial charge >= 0.3 is 0 Å². The molecule has 0 saturated carbocycles. The van der Waals surface area contributed by atoms with E-state index in [1.165, 1.54) is 6.33 Å². The summed E-state index contributed by atoms with van der Waals surface area (Å²) in [6, 6.07) is 5.10. The summed E-state index contributed by atoms with van der Waals surface area (Å²) in [7, 11) is 0.0212. The molecule has 114 valence electrons. The van der Waals surface area contributed by atoms with E-state index in [0.29, 0.717) is 12.4 Å². The second-order valence-corrected chi connectivity index (χ2v) is 6.57. The normalized spacial score (nSPS) is 11.8. The average Bonchev–Trinajstić information content (AvgIpc) is 2.85. The monoisotopic (exact) mass is 309 g/mol. The molecule has 2 rings (SSSR count). The lowest BCUT2D eigenvalue weighted by molar-refractivity contribution is 0.577. The number of hydrogen-bond donors (Lipinski definition) is 2. The molecule has 0 aliphatic heterocycles. The Balaban J connectivity index is 2.19. The Hall–Kier alpha value is -1.77. The number of rotatable bonds is 6. The Morgan fingerprint density at radius 3 is 2.67 bits per heavy atom. The van der Waals surface area contributed by atoms with Crippen LogP contribution in [0.25, 0.3) is 0 Å². The van der Waals surface area contributed by atoms with E-state index in [-0.39, 0.29) is 11.4 Å². The van der Waals surface area contributed by atoms with E-state index in [2.05, 4.69) is 20.2 Å². The van der Waals surface area contributed by atoms with Gasteiger partial charge in [-0.15, -0.1) is 10.2 Å². The van der Waals surface area contributed by atoms with Gasteiger partial charge in [-0.3, -0.25) is 0 Å². The van der Waals surface area contributed by atoms with Crippen molar-refractivity contribution in [2.45, 2.75) is 24.9 Å². The zero-order valence-electron chi connectivity index (χ0n) is 12.3. The largest absolute Gasteiger partial charge is 0.320 e. The lowest BCUT2D eigenvalue weighted by Crippen LogP contribution is -2.25. The van der Waals surface area contributed by atoms with Crippen LogP contribution in [0.4, 0.5) is 0 Å². The van der Waals surface area contributed by atoms with E-state index in [4.69, 9.17) is 0 Å². The first kappa shape index (κ1) is 15.6. The predicted molar refractivity (Wildman–Crippen MR) is 79.0 cm³/mol. The van der Waals surface area contributed by atoms with Crippen LogP contribution in [0.15, 0.2) is 29.4 Å². The minimum absolute atomic E-state index is 0.105. The maximum Gasteiger partial charge on any atom is 0.240 e. The lowest BCUT2D eigenvalue weighted by atomic mass is 10.1. The number of nitrogens with zero attached hydrogens (tertiary/aromatic N) is 3. The van der Waals surface area contributed by atoms with Crippen molar-refractivity contribution >= 4 is 10.0 Å². The molecule has 0 saturated heterocycles. The molecule has 0 bridgehead atoms. The van der Waals surface area contributed by atoms with Crippen LogP contribution in [0.3, 0.4) is 0 Å². The first-order valence-electron chi connectivity index (χ1n) is 6.50. The quantitative estimate of drug-likeness (QED) is 0.802. The fourth-order valence-corrected chi connectivity index (χ4v) is 2.94. The highest BCUT2D eigenvalue weighted by Crippen LogP contribution is 2.15. The Morgan fingerprint density at radius 2 is 2.05 bits per heavy atom. The van der Waals surface area contributed by atoms with Crippen molar-refractivity contribution in [1.29, 1.82) is 0 Å². The standard InChI is InChI=1S/C13H19N5O2S/c1-10-4-5-12(6-11(10)7-14-2)21(19,20)16-8-13-17-15-9-18(13)3/h4-6,9,14,16H,7-8H2,1-3H3. The number of sulfonamides is 1. The van der Waals surface area contributed by atoms with Crippen LogP contribution in [0, 0.1) is 6.92 Å². The first-order chi connectivity index (χ1) is 9.94. The summed E-state index contributed by atoms with van der Waals surface area (Å²) in [4.78, 5) is 0.250. The zero-order valence-corrected chi connectivity index (χ0v) is 13.1. The van der Waals surface area contributed by atoms with Crippen molar-refractivity contribution < 1.29 is 8.42 Å². The first-order valence-corrected chi connectivity index (χ1v) is 7.99. The van der Waals surface area contributed by atoms with E-state index in [0.717, 1.165) is 11.1 Å². The third-order valence-electron chi connectivity index (χ3n) is 3.22. The minimum atomic E-state index is -3.57. The summed E-state index contributed by atoms with van der Waals surface area (Å²) in [6.07, 6.45) is 1.53. The lowest BCUT2D eigenvalue weighted by Gasteiger charge is -2.10. The van der Waals surface area contributed by atoms with Crippen LogP contribution < -0.4 is 10.0 Å². The Bertz CT molecular complexity index is 724. The minimum Gasteiger partial charge on any atom is -0.320 e. The summed E-state index contributed by atoms with van der Waals surface area (Å²) in [5.74, 6) is 0.557. The molecule has 0 fully saturated rings. The van der Waals surface area contributed by atoms with E-state index in [1.807, 2.05) is 20.0 Å². The van der Waals surface area contributed by atoms with Gasteiger partial charge in [-0.2, -0.15) is 0 Å². The van der Waals surface area contributed by atoms with Gasteiger partial charge < -0.3 is 9.88 Å². The molecule has 0 amide bonds. The molecule has 0 radical (unpaired) electrons. The second kappa shape index (κ2) is 6.33. The fraction of sp³-hybridized carbons (Fsp3) is 0.385. The van der Waals surface area contributed by atoms with Gasteiger partial charge in [-0.1, -0.05) is 6.07 Å². The number of nitrogens with one attached hydrogen (secondary N) is 2. The van der Waals surface area contributed by atoms with Gasteiger partial charge in [-0.05, 0) is 37.2 Å². The van der Waals surface area contributed by atoms with E-state index in [9.17, 15) is 8.42 Å². The smallest absolute Gasteiger partial charge is 0.240 e. The molecule has 0 spiro atoms. The van der Waals surface area contributed by atoms with Gasteiger partial charge in [0, 0.05) is 13.6 Å². The highest BCUT2D eigenvalue weighted by Gasteiger charge is 2.16. The van der Waals surface area contributed by atoms with Gasteiger partial charge in [0.25, 0.3) is 0 Å². The van der Waals surface area contributed by atoms with Crippen LogP contribution in [-0.4, -0.2) is 30.2 Å². The topological polar surface area (TPSA) is 88.9 Å². The molecule has 0 unspecified atom stereocenters. The number of hydrogen-bond acceptors (Lipinski definition) is 5. The van der Waals surface area contributed by atoms with E-state index in [1.54, 1.807) is 23.7 Å². The molecule has 21 heavy (non-hydrogen) atoms.